The van der Waals surface area contributed by atoms with Gasteiger partial charge >= 0.3 is 11.6 Å². The molecule has 0 saturated carbocycles. The van der Waals surface area contributed by atoms with Gasteiger partial charge in [-0.15, -0.1) is 0 Å². The van der Waals surface area contributed by atoms with E-state index in [1.165, 1.54) is 32.4 Å². The van der Waals surface area contributed by atoms with Crippen LogP contribution < -0.4 is 15.1 Å². The van der Waals surface area contributed by atoms with Crippen LogP contribution in [0.5, 0.6) is 17.2 Å². The van der Waals surface area contributed by atoms with Crippen molar-refractivity contribution in [3.05, 3.63) is 57.1 Å². The summed E-state index contributed by atoms with van der Waals surface area (Å²) in [7, 11) is 3.79. The van der Waals surface area contributed by atoms with Gasteiger partial charge in [0.2, 0.25) is 5.78 Å². The summed E-state index contributed by atoms with van der Waals surface area (Å²) >= 11 is 0. The van der Waals surface area contributed by atoms with Crippen LogP contribution in [0.4, 0.5) is 0 Å². The summed E-state index contributed by atoms with van der Waals surface area (Å²) < 4.78 is 20.0. The quantitative estimate of drug-likeness (QED) is 0.606. The fourth-order valence-corrected chi connectivity index (χ4v) is 2.45. The lowest BCUT2D eigenvalue weighted by Gasteiger charge is -2.14. The fourth-order valence-electron chi connectivity index (χ4n) is 2.45. The number of benzene rings is 1. The van der Waals surface area contributed by atoms with Crippen LogP contribution in [0.15, 0.2) is 33.5 Å². The number of carbonyl (C=O) groups is 2. The molecule has 8 nitrogen and oxygen atoms in total. The van der Waals surface area contributed by atoms with E-state index in [2.05, 4.69) is 0 Å². The molecule has 1 heterocycles. The third-order valence-electron chi connectivity index (χ3n) is 3.67. The standard InChI is InChI=1S/C19H18O8/c1-5-6-10-8-13(20)16(19(23)27-10)17(21)15-12(18(22)26-4)7-11(24-2)9-14(15)25-3/h5-9,20H,1-4H3/b6-5+. The van der Waals surface area contributed by atoms with Crippen molar-refractivity contribution < 1.29 is 33.3 Å². The number of ether oxygens (including phenoxy) is 3. The Bertz CT molecular complexity index is 968. The van der Waals surface area contributed by atoms with Gasteiger partial charge < -0.3 is 23.7 Å². The molecule has 0 aliphatic carbocycles. The van der Waals surface area contributed by atoms with Crippen molar-refractivity contribution in [2.24, 2.45) is 0 Å². The summed E-state index contributed by atoms with van der Waals surface area (Å²) in [4.78, 5) is 37.4. The van der Waals surface area contributed by atoms with E-state index in [9.17, 15) is 19.5 Å². The first-order valence-corrected chi connectivity index (χ1v) is 7.76. The molecule has 0 atom stereocenters. The molecule has 142 valence electrons. The van der Waals surface area contributed by atoms with Gasteiger partial charge in [-0.05, 0) is 19.1 Å². The van der Waals surface area contributed by atoms with Crippen molar-refractivity contribution in [1.29, 1.82) is 0 Å². The Morgan fingerprint density at radius 3 is 2.30 bits per heavy atom. The Kier molecular flexibility index (Phi) is 6.02. The average Bonchev–Trinajstić information content (AvgIpc) is 2.65. The molecule has 0 unspecified atom stereocenters. The van der Waals surface area contributed by atoms with Crippen molar-refractivity contribution in [1.82, 2.24) is 0 Å². The zero-order valence-electron chi connectivity index (χ0n) is 15.2. The largest absolute Gasteiger partial charge is 0.507 e. The molecule has 0 aliphatic rings. The minimum Gasteiger partial charge on any atom is -0.507 e. The van der Waals surface area contributed by atoms with Gasteiger partial charge in [0.05, 0.1) is 32.5 Å². The maximum absolute atomic E-state index is 13.0. The number of aromatic hydroxyl groups is 1. The normalized spacial score (nSPS) is 10.7. The molecule has 1 aromatic carbocycles. The van der Waals surface area contributed by atoms with Crippen LogP contribution in [0.2, 0.25) is 0 Å². The highest BCUT2D eigenvalue weighted by Crippen LogP contribution is 2.32. The predicted molar refractivity (Wildman–Crippen MR) is 95.7 cm³/mol. The predicted octanol–water partition coefficient (Wildman–Crippen LogP) is 2.41. The van der Waals surface area contributed by atoms with Crippen molar-refractivity contribution >= 4 is 17.8 Å². The van der Waals surface area contributed by atoms with E-state index in [4.69, 9.17) is 18.6 Å². The highest BCUT2D eigenvalue weighted by Gasteiger charge is 2.29. The average molecular weight is 374 g/mol. The lowest BCUT2D eigenvalue weighted by molar-refractivity contribution is 0.0596. The van der Waals surface area contributed by atoms with Crippen LogP contribution in [0.1, 0.15) is 39.0 Å². The van der Waals surface area contributed by atoms with E-state index < -0.39 is 28.7 Å². The Morgan fingerprint density at radius 1 is 1.07 bits per heavy atom. The molecule has 0 bridgehead atoms. The van der Waals surface area contributed by atoms with Crippen molar-refractivity contribution in [3.63, 3.8) is 0 Å². The van der Waals surface area contributed by atoms with Gasteiger partial charge in [-0.3, -0.25) is 4.79 Å². The third-order valence-corrected chi connectivity index (χ3v) is 3.67. The Labute approximate surface area is 154 Å². The van der Waals surface area contributed by atoms with Crippen LogP contribution in [0, 0.1) is 0 Å². The molecule has 0 fully saturated rings. The van der Waals surface area contributed by atoms with Gasteiger partial charge in [0, 0.05) is 12.1 Å². The van der Waals surface area contributed by atoms with Gasteiger partial charge in [0.1, 0.15) is 28.6 Å². The molecule has 0 amide bonds. The number of hydrogen-bond acceptors (Lipinski definition) is 8. The highest BCUT2D eigenvalue weighted by molar-refractivity contribution is 6.17. The van der Waals surface area contributed by atoms with Crippen LogP contribution >= 0.6 is 0 Å². The summed E-state index contributed by atoms with van der Waals surface area (Å²) in [5.74, 6) is -2.10. The number of esters is 1. The number of rotatable bonds is 6. The zero-order valence-corrected chi connectivity index (χ0v) is 15.2. The van der Waals surface area contributed by atoms with E-state index in [1.807, 2.05) is 0 Å². The second kappa shape index (κ2) is 8.22. The second-order valence-corrected chi connectivity index (χ2v) is 5.27. The Morgan fingerprint density at radius 2 is 1.78 bits per heavy atom. The zero-order chi connectivity index (χ0) is 20.1. The van der Waals surface area contributed by atoms with Crippen molar-refractivity contribution in [3.8, 4) is 17.2 Å². The molecule has 0 radical (unpaired) electrons. The molecular formula is C19H18O8. The molecule has 0 saturated heterocycles. The molecule has 0 spiro atoms. The molecular weight excluding hydrogens is 356 g/mol. The summed E-state index contributed by atoms with van der Waals surface area (Å²) in [5.41, 5.74) is -2.12. The van der Waals surface area contributed by atoms with Crippen LogP contribution in [-0.2, 0) is 4.74 Å². The van der Waals surface area contributed by atoms with Gasteiger partial charge in [0.25, 0.3) is 0 Å². The minimum absolute atomic E-state index is 0.0314. The molecule has 1 aromatic heterocycles. The topological polar surface area (TPSA) is 112 Å². The van der Waals surface area contributed by atoms with Gasteiger partial charge in [-0.25, -0.2) is 9.59 Å². The van der Waals surface area contributed by atoms with E-state index in [0.717, 1.165) is 13.2 Å². The number of hydrogen-bond donors (Lipinski definition) is 1. The first-order valence-electron chi connectivity index (χ1n) is 7.76. The summed E-state index contributed by atoms with van der Waals surface area (Å²) in [5, 5.41) is 10.2. The Balaban J connectivity index is 2.76. The molecule has 2 rings (SSSR count). The van der Waals surface area contributed by atoms with E-state index in [-0.39, 0.29) is 28.4 Å². The van der Waals surface area contributed by atoms with Gasteiger partial charge in [-0.2, -0.15) is 0 Å². The lowest BCUT2D eigenvalue weighted by Crippen LogP contribution is -2.19. The maximum atomic E-state index is 13.0. The van der Waals surface area contributed by atoms with Gasteiger partial charge in [-0.1, -0.05) is 6.08 Å². The van der Waals surface area contributed by atoms with Crippen LogP contribution in [-0.4, -0.2) is 38.2 Å². The SMILES string of the molecule is C/C=C/c1cc(O)c(C(=O)c2c(OC)cc(OC)cc2C(=O)OC)c(=O)o1. The lowest BCUT2D eigenvalue weighted by atomic mass is 9.97. The highest BCUT2D eigenvalue weighted by atomic mass is 16.5. The van der Waals surface area contributed by atoms with E-state index >= 15 is 0 Å². The van der Waals surface area contributed by atoms with Crippen molar-refractivity contribution in [2.75, 3.05) is 21.3 Å². The summed E-state index contributed by atoms with van der Waals surface area (Å²) in [6, 6.07) is 3.77. The monoisotopic (exact) mass is 374 g/mol. The van der Waals surface area contributed by atoms with Crippen LogP contribution in [0.3, 0.4) is 0 Å². The number of ketones is 1. The molecule has 0 aliphatic heterocycles. The van der Waals surface area contributed by atoms with Crippen molar-refractivity contribution in [2.45, 2.75) is 6.92 Å². The Hall–Kier alpha value is -3.55. The van der Waals surface area contributed by atoms with Gasteiger partial charge in [0.15, 0.2) is 0 Å². The smallest absolute Gasteiger partial charge is 0.351 e. The number of allylic oxidation sites excluding steroid dienone is 1. The van der Waals surface area contributed by atoms with E-state index in [1.54, 1.807) is 13.0 Å². The molecule has 8 heteroatoms. The first kappa shape index (κ1) is 19.8. The third kappa shape index (κ3) is 3.84. The summed E-state index contributed by atoms with van der Waals surface area (Å²) in [6.45, 7) is 1.70. The molecule has 27 heavy (non-hydrogen) atoms. The van der Waals surface area contributed by atoms with Crippen LogP contribution in [0.25, 0.3) is 6.08 Å². The first-order chi connectivity index (χ1) is 12.9. The maximum Gasteiger partial charge on any atom is 0.351 e. The fraction of sp³-hybridized carbons (Fsp3) is 0.211. The number of methoxy groups -OCH3 is 3. The van der Waals surface area contributed by atoms with E-state index in [0.29, 0.717) is 0 Å². The minimum atomic E-state index is -1.05. The molecule has 1 N–H and O–H groups in total. The second-order valence-electron chi connectivity index (χ2n) is 5.27. The molecule has 2 aromatic rings. The number of carbonyl (C=O) groups excluding carboxylic acids is 2. The summed E-state index contributed by atoms with van der Waals surface area (Å²) in [6.07, 6.45) is 3.05.